The van der Waals surface area contributed by atoms with Crippen molar-refractivity contribution in [3.63, 3.8) is 0 Å². The van der Waals surface area contributed by atoms with E-state index in [0.717, 1.165) is 31.1 Å². The minimum atomic E-state index is -0.321. The molecule has 2 rings (SSSR count). The van der Waals surface area contributed by atoms with Crippen LogP contribution in [0.1, 0.15) is 25.3 Å². The van der Waals surface area contributed by atoms with Crippen LogP contribution < -0.4 is 0 Å². The Morgan fingerprint density at radius 3 is 2.67 bits per heavy atom. The van der Waals surface area contributed by atoms with E-state index in [-0.39, 0.29) is 10.8 Å². The quantitative estimate of drug-likeness (QED) is 0.737. The van der Waals surface area contributed by atoms with Crippen LogP contribution in [-0.4, -0.2) is 22.8 Å². The second-order valence-corrected chi connectivity index (χ2v) is 6.89. The molecule has 0 bridgehead atoms. The van der Waals surface area contributed by atoms with E-state index in [1.54, 1.807) is 12.1 Å². The number of hydrogen-bond acceptors (Lipinski definition) is 1. The largest absolute Gasteiger partial charge is 0.299 e. The molecule has 0 saturated carbocycles. The van der Waals surface area contributed by atoms with Crippen LogP contribution in [0.3, 0.4) is 0 Å². The zero-order valence-corrected chi connectivity index (χ0v) is 12.8. The van der Waals surface area contributed by atoms with E-state index in [1.807, 2.05) is 6.07 Å². The number of piperidine rings is 1. The number of nitrogens with zero attached hydrogens (tertiary/aromatic N) is 1. The van der Waals surface area contributed by atoms with Gasteiger partial charge in [0, 0.05) is 11.4 Å². The highest BCUT2D eigenvalue weighted by Gasteiger charge is 2.22. The van der Waals surface area contributed by atoms with Crippen LogP contribution in [-0.2, 0) is 6.54 Å². The fraction of sp³-hybridized carbons (Fsp3) is 0.571. The molecular formula is C14H18BrClFN. The Morgan fingerprint density at radius 2 is 2.11 bits per heavy atom. The van der Waals surface area contributed by atoms with Gasteiger partial charge < -0.3 is 0 Å². The lowest BCUT2D eigenvalue weighted by Crippen LogP contribution is -2.35. The number of hydrogen-bond donors (Lipinski definition) is 0. The number of rotatable bonds is 3. The van der Waals surface area contributed by atoms with Gasteiger partial charge in [-0.2, -0.15) is 0 Å². The van der Waals surface area contributed by atoms with E-state index < -0.39 is 0 Å². The standard InChI is InChI=1S/C14H18BrClFN/c1-10(15)12-4-6-18(7-5-12)9-11-2-3-13(16)14(17)8-11/h2-3,8,10,12H,4-7,9H2,1H3. The van der Waals surface area contributed by atoms with Gasteiger partial charge in [-0.15, -0.1) is 0 Å². The summed E-state index contributed by atoms with van der Waals surface area (Å²) < 4.78 is 13.3. The van der Waals surface area contributed by atoms with Crippen LogP contribution in [0.2, 0.25) is 5.02 Å². The van der Waals surface area contributed by atoms with Crippen molar-refractivity contribution >= 4 is 27.5 Å². The molecule has 1 aromatic rings. The fourth-order valence-electron chi connectivity index (χ4n) is 2.47. The van der Waals surface area contributed by atoms with E-state index in [4.69, 9.17) is 11.6 Å². The SMILES string of the molecule is CC(Br)C1CCN(Cc2ccc(Cl)c(F)c2)CC1. The van der Waals surface area contributed by atoms with Crippen molar-refractivity contribution in [2.75, 3.05) is 13.1 Å². The normalized spacial score (nSPS) is 20.0. The van der Waals surface area contributed by atoms with Gasteiger partial charge in [-0.3, -0.25) is 4.90 Å². The van der Waals surface area contributed by atoms with Crippen molar-refractivity contribution in [3.8, 4) is 0 Å². The lowest BCUT2D eigenvalue weighted by molar-refractivity contribution is 0.178. The maximum atomic E-state index is 13.3. The molecular weight excluding hydrogens is 317 g/mol. The number of alkyl halides is 1. The summed E-state index contributed by atoms with van der Waals surface area (Å²) in [7, 11) is 0. The zero-order valence-electron chi connectivity index (χ0n) is 10.5. The van der Waals surface area contributed by atoms with Gasteiger partial charge in [0.2, 0.25) is 0 Å². The summed E-state index contributed by atoms with van der Waals surface area (Å²) in [6.07, 6.45) is 2.42. The third-order valence-electron chi connectivity index (χ3n) is 3.67. The van der Waals surface area contributed by atoms with Crippen LogP contribution >= 0.6 is 27.5 Å². The fourth-order valence-corrected chi connectivity index (χ4v) is 3.11. The lowest BCUT2D eigenvalue weighted by Gasteiger charge is -2.33. The molecule has 1 atom stereocenters. The van der Waals surface area contributed by atoms with Gasteiger partial charge in [-0.25, -0.2) is 4.39 Å². The molecule has 1 aliphatic rings. The average molecular weight is 335 g/mol. The third-order valence-corrected chi connectivity index (χ3v) is 4.73. The molecule has 1 aliphatic heterocycles. The molecule has 0 radical (unpaired) electrons. The second-order valence-electron chi connectivity index (χ2n) is 5.04. The Bertz CT molecular complexity index is 403. The topological polar surface area (TPSA) is 3.24 Å². The molecule has 1 unspecified atom stereocenters. The highest BCUT2D eigenvalue weighted by molar-refractivity contribution is 9.09. The molecule has 0 N–H and O–H groups in total. The molecule has 0 amide bonds. The third kappa shape index (κ3) is 3.69. The monoisotopic (exact) mass is 333 g/mol. The first-order valence-electron chi connectivity index (χ1n) is 6.36. The van der Waals surface area contributed by atoms with Crippen LogP contribution in [0.15, 0.2) is 18.2 Å². The molecule has 1 saturated heterocycles. The first-order valence-corrected chi connectivity index (χ1v) is 7.66. The molecule has 0 aromatic heterocycles. The van der Waals surface area contributed by atoms with E-state index in [0.29, 0.717) is 4.83 Å². The van der Waals surface area contributed by atoms with Gasteiger partial charge in [0.05, 0.1) is 5.02 Å². The summed E-state index contributed by atoms with van der Waals surface area (Å²) in [6, 6.07) is 5.09. The molecule has 0 aliphatic carbocycles. The van der Waals surface area contributed by atoms with Gasteiger partial charge in [-0.1, -0.05) is 40.5 Å². The Labute approximate surface area is 121 Å². The van der Waals surface area contributed by atoms with Gasteiger partial charge in [0.1, 0.15) is 5.82 Å². The summed E-state index contributed by atoms with van der Waals surface area (Å²) in [4.78, 5) is 2.97. The van der Waals surface area contributed by atoms with Crippen molar-refractivity contribution in [3.05, 3.63) is 34.6 Å². The minimum Gasteiger partial charge on any atom is -0.299 e. The maximum Gasteiger partial charge on any atom is 0.142 e. The summed E-state index contributed by atoms with van der Waals surface area (Å²) in [6.45, 7) is 5.21. The van der Waals surface area contributed by atoms with Gasteiger partial charge >= 0.3 is 0 Å². The summed E-state index contributed by atoms with van der Waals surface area (Å²) in [5.41, 5.74) is 1.00. The van der Waals surface area contributed by atoms with Crippen LogP contribution in [0, 0.1) is 11.7 Å². The molecule has 1 aromatic carbocycles. The van der Waals surface area contributed by atoms with Crippen molar-refractivity contribution < 1.29 is 4.39 Å². The van der Waals surface area contributed by atoms with Crippen LogP contribution in [0.4, 0.5) is 4.39 Å². The molecule has 1 heterocycles. The maximum absolute atomic E-state index is 13.3. The molecule has 100 valence electrons. The predicted octanol–water partition coefficient (Wildman–Crippen LogP) is 4.47. The first kappa shape index (κ1) is 14.3. The van der Waals surface area contributed by atoms with Gasteiger partial charge in [-0.05, 0) is 49.5 Å². The Balaban J connectivity index is 1.89. The van der Waals surface area contributed by atoms with E-state index >= 15 is 0 Å². The highest BCUT2D eigenvalue weighted by atomic mass is 79.9. The Kier molecular flexibility index (Phi) is 5.05. The van der Waals surface area contributed by atoms with Crippen molar-refractivity contribution in [1.29, 1.82) is 0 Å². The Hall–Kier alpha value is -0.120. The molecule has 0 spiro atoms. The number of halogens is 3. The molecule has 1 nitrogen and oxygen atoms in total. The second kappa shape index (κ2) is 6.36. The van der Waals surface area contributed by atoms with Crippen molar-refractivity contribution in [2.24, 2.45) is 5.92 Å². The van der Waals surface area contributed by atoms with Crippen molar-refractivity contribution in [1.82, 2.24) is 4.90 Å². The van der Waals surface area contributed by atoms with E-state index in [2.05, 4.69) is 27.8 Å². The summed E-state index contributed by atoms with van der Waals surface area (Å²) in [5, 5.41) is 0.200. The van der Waals surface area contributed by atoms with Gasteiger partial charge in [0.15, 0.2) is 0 Å². The Morgan fingerprint density at radius 1 is 1.44 bits per heavy atom. The average Bonchev–Trinajstić information content (AvgIpc) is 2.34. The zero-order chi connectivity index (χ0) is 13.1. The summed E-state index contributed by atoms with van der Waals surface area (Å²) in [5.74, 6) is 0.446. The smallest absolute Gasteiger partial charge is 0.142 e. The van der Waals surface area contributed by atoms with Crippen LogP contribution in [0.5, 0.6) is 0 Å². The minimum absolute atomic E-state index is 0.200. The lowest BCUT2D eigenvalue weighted by atomic mass is 9.94. The number of likely N-dealkylation sites (tertiary alicyclic amines) is 1. The summed E-state index contributed by atoms with van der Waals surface area (Å²) >= 11 is 9.34. The van der Waals surface area contributed by atoms with E-state index in [1.165, 1.54) is 12.8 Å². The van der Waals surface area contributed by atoms with E-state index in [9.17, 15) is 4.39 Å². The predicted molar refractivity (Wildman–Crippen MR) is 77.8 cm³/mol. The number of benzene rings is 1. The molecule has 1 fully saturated rings. The molecule has 18 heavy (non-hydrogen) atoms. The van der Waals surface area contributed by atoms with Gasteiger partial charge in [0.25, 0.3) is 0 Å². The van der Waals surface area contributed by atoms with Crippen LogP contribution in [0.25, 0.3) is 0 Å². The highest BCUT2D eigenvalue weighted by Crippen LogP contribution is 2.26. The molecule has 4 heteroatoms. The first-order chi connectivity index (χ1) is 8.56. The van der Waals surface area contributed by atoms with Crippen molar-refractivity contribution in [2.45, 2.75) is 31.1 Å².